The van der Waals surface area contributed by atoms with Gasteiger partial charge in [0.2, 0.25) is 23.6 Å². The molecule has 2 aromatic carbocycles. The molecular weight excluding hydrogens is 773 g/mol. The maximum atomic E-state index is 13.4. The second-order valence-corrected chi connectivity index (χ2v) is 15.2. The summed E-state index contributed by atoms with van der Waals surface area (Å²) in [7, 11) is 1.99. The summed E-state index contributed by atoms with van der Waals surface area (Å²) < 4.78 is 0. The third-order valence-electron chi connectivity index (χ3n) is 8.12. The fourth-order valence-corrected chi connectivity index (χ4v) is 7.32. The van der Waals surface area contributed by atoms with Crippen molar-refractivity contribution in [3.8, 4) is 0 Å². The van der Waals surface area contributed by atoms with E-state index < -0.39 is 83.8 Å². The molecule has 0 fully saturated rings. The molecule has 2 rings (SSSR count). The van der Waals surface area contributed by atoms with Gasteiger partial charge in [0.25, 0.3) is 0 Å². The van der Waals surface area contributed by atoms with Crippen molar-refractivity contribution >= 4 is 69.1 Å². The molecule has 6 atom stereocenters. The summed E-state index contributed by atoms with van der Waals surface area (Å²) in [4.78, 5) is 98.7. The Bertz CT molecular complexity index is 1520. The van der Waals surface area contributed by atoms with Gasteiger partial charge in [0.15, 0.2) is 0 Å². The number of nitrogens with one attached hydrogen (secondary N) is 4. The highest BCUT2D eigenvalue weighted by Gasteiger charge is 2.30. The van der Waals surface area contributed by atoms with Crippen molar-refractivity contribution in [1.82, 2.24) is 21.3 Å². The predicted molar refractivity (Wildman–Crippen MR) is 207 cm³/mol. The molecule has 0 heterocycles. The first-order chi connectivity index (χ1) is 26.6. The summed E-state index contributed by atoms with van der Waals surface area (Å²) in [5.74, 6) is -8.36. The lowest BCUT2D eigenvalue weighted by molar-refractivity contribution is -0.142. The van der Waals surface area contributed by atoms with Crippen LogP contribution in [0.2, 0.25) is 0 Å². The van der Waals surface area contributed by atoms with Crippen LogP contribution in [0.4, 0.5) is 0 Å². The minimum atomic E-state index is -1.36. The molecule has 20 heteroatoms. The molecule has 0 aromatic heterocycles. The summed E-state index contributed by atoms with van der Waals surface area (Å²) in [6.45, 7) is 0. The third kappa shape index (κ3) is 18.4. The molecule has 18 nitrogen and oxygen atoms in total. The van der Waals surface area contributed by atoms with Crippen molar-refractivity contribution in [2.24, 2.45) is 11.5 Å². The number of carbonyl (C=O) groups excluding carboxylic acids is 4. The molecule has 0 aliphatic rings. The SMILES string of the molecule is N[C@@H](CCCC(=O)N[C@@H](CSSC[C@H](NC(=O)CCC[C@H](N)C(=O)O)C(=O)N[C@H](Cc1ccccc1)C(=O)O)C(=O)N[C@H](Cc1ccccc1)C(=O)O)C(=O)O. The molecular formula is C36H48N6O12S2. The van der Waals surface area contributed by atoms with Crippen LogP contribution < -0.4 is 32.7 Å². The molecule has 306 valence electrons. The van der Waals surface area contributed by atoms with E-state index in [1.165, 1.54) is 0 Å². The van der Waals surface area contributed by atoms with Crippen LogP contribution in [-0.2, 0) is 51.2 Å². The molecule has 0 saturated heterocycles. The quantitative estimate of drug-likeness (QED) is 0.0423. The van der Waals surface area contributed by atoms with Gasteiger partial charge in [0.1, 0.15) is 36.3 Å². The molecule has 12 N–H and O–H groups in total. The summed E-state index contributed by atoms with van der Waals surface area (Å²) in [6, 6.07) is 9.36. The Morgan fingerprint density at radius 3 is 1.14 bits per heavy atom. The first-order valence-corrected chi connectivity index (χ1v) is 20.0. The Morgan fingerprint density at radius 1 is 0.500 bits per heavy atom. The van der Waals surface area contributed by atoms with E-state index >= 15 is 0 Å². The van der Waals surface area contributed by atoms with Crippen LogP contribution in [-0.4, -0.2) is 116 Å². The van der Waals surface area contributed by atoms with Crippen LogP contribution in [0, 0.1) is 0 Å². The van der Waals surface area contributed by atoms with Crippen LogP contribution in [0.5, 0.6) is 0 Å². The number of hydrogen-bond acceptors (Lipinski definition) is 12. The van der Waals surface area contributed by atoms with Crippen molar-refractivity contribution in [3.63, 3.8) is 0 Å². The van der Waals surface area contributed by atoms with Crippen LogP contribution >= 0.6 is 21.6 Å². The number of carbonyl (C=O) groups is 8. The summed E-state index contributed by atoms with van der Waals surface area (Å²) in [6.07, 6.45) is -0.350. The minimum absolute atomic E-state index is 0.0159. The van der Waals surface area contributed by atoms with E-state index in [2.05, 4.69) is 21.3 Å². The van der Waals surface area contributed by atoms with E-state index in [4.69, 9.17) is 21.7 Å². The number of amides is 4. The number of benzene rings is 2. The zero-order chi connectivity index (χ0) is 41.6. The molecule has 2 aromatic rings. The minimum Gasteiger partial charge on any atom is -0.480 e. The maximum Gasteiger partial charge on any atom is 0.326 e. The van der Waals surface area contributed by atoms with Gasteiger partial charge in [0.05, 0.1) is 0 Å². The van der Waals surface area contributed by atoms with Gasteiger partial charge in [-0.05, 0) is 36.8 Å². The number of hydrogen-bond donors (Lipinski definition) is 10. The highest BCUT2D eigenvalue weighted by atomic mass is 33.1. The fraction of sp³-hybridized carbons (Fsp3) is 0.444. The smallest absolute Gasteiger partial charge is 0.326 e. The number of carboxylic acid groups (broad SMARTS) is 4. The number of aliphatic carboxylic acids is 4. The molecule has 0 spiro atoms. The van der Waals surface area contributed by atoms with Gasteiger partial charge in [-0.15, -0.1) is 0 Å². The summed E-state index contributed by atoms with van der Waals surface area (Å²) >= 11 is 0. The predicted octanol–water partition coefficient (Wildman–Crippen LogP) is 0.126. The van der Waals surface area contributed by atoms with E-state index in [0.717, 1.165) is 21.6 Å². The van der Waals surface area contributed by atoms with Gasteiger partial charge in [-0.2, -0.15) is 0 Å². The fourth-order valence-electron chi connectivity index (χ4n) is 4.99. The molecule has 0 aliphatic heterocycles. The van der Waals surface area contributed by atoms with Gasteiger partial charge < -0.3 is 53.2 Å². The first-order valence-electron chi connectivity index (χ1n) is 17.5. The van der Waals surface area contributed by atoms with Crippen molar-refractivity contribution in [3.05, 3.63) is 71.8 Å². The molecule has 56 heavy (non-hydrogen) atoms. The van der Waals surface area contributed by atoms with Gasteiger partial charge in [0, 0.05) is 37.2 Å². The van der Waals surface area contributed by atoms with Crippen molar-refractivity contribution in [1.29, 1.82) is 0 Å². The average molecular weight is 821 g/mol. The van der Waals surface area contributed by atoms with E-state index in [-0.39, 0.29) is 62.9 Å². The lowest BCUT2D eigenvalue weighted by Crippen LogP contribution is -2.53. The van der Waals surface area contributed by atoms with Gasteiger partial charge in [-0.3, -0.25) is 28.8 Å². The Balaban J connectivity index is 2.18. The normalized spacial score (nSPS) is 14.1. The van der Waals surface area contributed by atoms with Crippen LogP contribution in [0.1, 0.15) is 49.7 Å². The number of carboxylic acids is 4. The van der Waals surface area contributed by atoms with Crippen molar-refractivity contribution in [2.75, 3.05) is 11.5 Å². The van der Waals surface area contributed by atoms with Crippen LogP contribution in [0.3, 0.4) is 0 Å². The van der Waals surface area contributed by atoms with Gasteiger partial charge >= 0.3 is 23.9 Å². The summed E-state index contributed by atoms with van der Waals surface area (Å²) in [5, 5.41) is 47.7. The highest BCUT2D eigenvalue weighted by molar-refractivity contribution is 8.76. The lowest BCUT2D eigenvalue weighted by atomic mass is 10.1. The second-order valence-electron chi connectivity index (χ2n) is 12.7. The number of rotatable bonds is 27. The molecule has 4 amide bonds. The van der Waals surface area contributed by atoms with E-state index in [1.54, 1.807) is 60.7 Å². The monoisotopic (exact) mass is 820 g/mol. The van der Waals surface area contributed by atoms with Crippen LogP contribution in [0.15, 0.2) is 60.7 Å². The molecule has 0 aliphatic carbocycles. The maximum absolute atomic E-state index is 13.4. The molecule has 0 saturated carbocycles. The zero-order valence-electron chi connectivity index (χ0n) is 30.3. The first kappa shape index (κ1) is 47.0. The van der Waals surface area contributed by atoms with Crippen LogP contribution in [0.25, 0.3) is 0 Å². The lowest BCUT2D eigenvalue weighted by Gasteiger charge is -2.23. The molecule has 0 radical (unpaired) electrons. The van der Waals surface area contributed by atoms with E-state index in [9.17, 15) is 48.6 Å². The van der Waals surface area contributed by atoms with Crippen molar-refractivity contribution < 1.29 is 58.8 Å². The second kappa shape index (κ2) is 25.1. The molecule has 0 unspecified atom stereocenters. The largest absolute Gasteiger partial charge is 0.480 e. The highest BCUT2D eigenvalue weighted by Crippen LogP contribution is 2.24. The Labute approximate surface area is 330 Å². The van der Waals surface area contributed by atoms with Crippen molar-refractivity contribution in [2.45, 2.75) is 87.6 Å². The Kier molecular flexibility index (Phi) is 21.0. The Morgan fingerprint density at radius 2 is 0.839 bits per heavy atom. The van der Waals surface area contributed by atoms with Gasteiger partial charge in [-0.1, -0.05) is 82.3 Å². The topological polar surface area (TPSA) is 318 Å². The van der Waals surface area contributed by atoms with E-state index in [0.29, 0.717) is 11.1 Å². The standard InChI is InChI=1S/C36H48N6O12S2/c37-23(33(47)48)13-7-15-29(43)39-27(31(45)41-25(35(51)52)17-21-9-3-1-4-10-21)19-55-56-20-28(40-30(44)16-8-14-24(38)34(49)50)32(46)42-26(36(53)54)18-22-11-5-2-6-12-22/h1-6,9-12,23-28H,7-8,13-20,37-38H2,(H,39,43)(H,40,44)(H,41,45)(H,42,46)(H,47,48)(H,49,50)(H,51,52)(H,53,54)/t23-,24-,25+,26+,27-,28-/m0/s1. The zero-order valence-corrected chi connectivity index (χ0v) is 32.0. The Hall–Kier alpha value is -5.18. The third-order valence-corrected chi connectivity index (χ3v) is 10.5. The van der Waals surface area contributed by atoms with E-state index in [1.807, 2.05) is 0 Å². The molecule has 0 bridgehead atoms. The number of nitrogens with two attached hydrogens (primary N) is 2. The van der Waals surface area contributed by atoms with Gasteiger partial charge in [-0.25, -0.2) is 9.59 Å². The summed E-state index contributed by atoms with van der Waals surface area (Å²) in [5.41, 5.74) is 12.3. The average Bonchev–Trinajstić information content (AvgIpc) is 3.15.